The van der Waals surface area contributed by atoms with Crippen LogP contribution in [0.5, 0.6) is 11.5 Å². The number of hydrogen-bond acceptors (Lipinski definition) is 6. The van der Waals surface area contributed by atoms with E-state index in [0.717, 1.165) is 17.0 Å². The Bertz CT molecular complexity index is 1360. The molecule has 1 aromatic carbocycles. The first-order valence-corrected chi connectivity index (χ1v) is 11.3. The Kier molecular flexibility index (Phi) is 7.00. The van der Waals surface area contributed by atoms with E-state index in [1.54, 1.807) is 17.1 Å². The molecule has 0 bridgehead atoms. The van der Waals surface area contributed by atoms with Gasteiger partial charge in [0.2, 0.25) is 0 Å². The van der Waals surface area contributed by atoms with Gasteiger partial charge in [0.05, 0.1) is 0 Å². The van der Waals surface area contributed by atoms with E-state index in [4.69, 9.17) is 4.74 Å². The molecule has 7 nitrogen and oxygen atoms in total. The smallest absolute Gasteiger partial charge is 0.151 e. The van der Waals surface area contributed by atoms with E-state index in [0.29, 0.717) is 23.1 Å². The van der Waals surface area contributed by atoms with Crippen LogP contribution in [0.1, 0.15) is 40.2 Å². The second-order valence-electron chi connectivity index (χ2n) is 9.55. The van der Waals surface area contributed by atoms with Gasteiger partial charge in [-0.1, -0.05) is 20.8 Å². The summed E-state index contributed by atoms with van der Waals surface area (Å²) in [6.07, 6.45) is 9.22. The number of aromatic nitrogens is 4. The van der Waals surface area contributed by atoms with Crippen molar-refractivity contribution in [1.82, 2.24) is 24.6 Å². The summed E-state index contributed by atoms with van der Waals surface area (Å²) < 4.78 is 7.83. The summed E-state index contributed by atoms with van der Waals surface area (Å²) >= 11 is 0. The molecule has 0 spiro atoms. The second kappa shape index (κ2) is 9.82. The number of nitrogens with zero attached hydrogens (tertiary/aromatic N) is 6. The van der Waals surface area contributed by atoms with Crippen LogP contribution in [0.25, 0.3) is 16.9 Å². The molecule has 8 heteroatoms. The van der Waals surface area contributed by atoms with Crippen molar-refractivity contribution in [2.75, 3.05) is 4.90 Å². The van der Waals surface area contributed by atoms with Crippen LogP contribution in [-0.4, -0.2) is 30.7 Å². The molecule has 1 aliphatic heterocycles. The molecule has 0 saturated heterocycles. The Balaban J connectivity index is 0.00000289. The topological polar surface area (TPSA) is 59.3 Å². The molecular formula is C27H27N6OPt-3. The standard InChI is InChI=1S/C27H27N6O.Pt/c1-19(2)31-11-12-32(18-31)21-7-6-8-22(14-21)34-23-15-25-24(29-16-23)17-30-33(25)26-13-20(9-10-28-26)27(3,4)5;/h6-13,16-19H,1-5H3;/q-3;. The van der Waals surface area contributed by atoms with Crippen molar-refractivity contribution >= 4 is 16.7 Å². The molecule has 3 aromatic heterocycles. The van der Waals surface area contributed by atoms with Crippen LogP contribution in [0.2, 0.25) is 0 Å². The fraction of sp³-hybridized carbons (Fsp3) is 0.259. The number of anilines is 1. The number of benzene rings is 1. The van der Waals surface area contributed by atoms with Crippen LogP contribution in [0.3, 0.4) is 0 Å². The number of pyridine rings is 2. The van der Waals surface area contributed by atoms with Gasteiger partial charge in [0.25, 0.3) is 0 Å². The van der Waals surface area contributed by atoms with Crippen LogP contribution in [0, 0.1) is 18.8 Å². The summed E-state index contributed by atoms with van der Waals surface area (Å²) in [7, 11) is 0. The summed E-state index contributed by atoms with van der Waals surface area (Å²) in [5, 5.41) is 4.50. The van der Waals surface area contributed by atoms with Gasteiger partial charge < -0.3 is 19.5 Å². The summed E-state index contributed by atoms with van der Waals surface area (Å²) in [4.78, 5) is 13.2. The molecule has 0 radical (unpaired) electrons. The molecule has 0 atom stereocenters. The largest absolute Gasteiger partial charge is 0.508 e. The molecule has 35 heavy (non-hydrogen) atoms. The molecule has 0 saturated carbocycles. The average molecular weight is 647 g/mol. The molecule has 0 amide bonds. The van der Waals surface area contributed by atoms with Gasteiger partial charge in [0.15, 0.2) is 5.82 Å². The summed E-state index contributed by atoms with van der Waals surface area (Å²) in [5.41, 5.74) is 3.50. The van der Waals surface area contributed by atoms with E-state index < -0.39 is 0 Å². The fourth-order valence-corrected chi connectivity index (χ4v) is 3.64. The van der Waals surface area contributed by atoms with E-state index in [-0.39, 0.29) is 26.5 Å². The Morgan fingerprint density at radius 2 is 1.83 bits per heavy atom. The molecule has 1 aliphatic rings. The molecule has 4 heterocycles. The Morgan fingerprint density at radius 3 is 2.57 bits per heavy atom. The number of fused-ring (bicyclic) bond motifs is 1. The Morgan fingerprint density at radius 1 is 1.00 bits per heavy atom. The quantitative estimate of drug-likeness (QED) is 0.263. The minimum atomic E-state index is 0. The first kappa shape index (κ1) is 24.9. The van der Waals surface area contributed by atoms with E-state index >= 15 is 0 Å². The van der Waals surface area contributed by atoms with Crippen molar-refractivity contribution in [2.45, 2.75) is 46.1 Å². The number of rotatable bonds is 5. The predicted molar refractivity (Wildman–Crippen MR) is 132 cm³/mol. The Hall–Kier alpha value is -3.18. The zero-order valence-electron chi connectivity index (χ0n) is 20.3. The van der Waals surface area contributed by atoms with Gasteiger partial charge in [-0.3, -0.25) is 0 Å². The Labute approximate surface area is 220 Å². The predicted octanol–water partition coefficient (Wildman–Crippen LogP) is 5.62. The molecule has 184 valence electrons. The van der Waals surface area contributed by atoms with Crippen molar-refractivity contribution in [1.29, 1.82) is 0 Å². The maximum absolute atomic E-state index is 6.09. The van der Waals surface area contributed by atoms with E-state index in [1.807, 2.05) is 60.5 Å². The maximum atomic E-state index is 6.09. The van der Waals surface area contributed by atoms with Gasteiger partial charge in [-0.2, -0.15) is 17.8 Å². The normalized spacial score (nSPS) is 13.5. The van der Waals surface area contributed by atoms with Gasteiger partial charge in [-0.25, -0.2) is 9.67 Å². The third-order valence-electron chi connectivity index (χ3n) is 5.65. The van der Waals surface area contributed by atoms with Crippen LogP contribution >= 0.6 is 0 Å². The number of ether oxygens (including phenoxy) is 1. The van der Waals surface area contributed by atoms with Crippen molar-refractivity contribution in [3.8, 4) is 17.3 Å². The van der Waals surface area contributed by atoms with Gasteiger partial charge >= 0.3 is 0 Å². The van der Waals surface area contributed by atoms with Crippen molar-refractivity contribution in [3.63, 3.8) is 0 Å². The summed E-state index contributed by atoms with van der Waals surface area (Å²) in [6.45, 7) is 12.9. The molecule has 0 aliphatic carbocycles. The second-order valence-corrected chi connectivity index (χ2v) is 9.55. The minimum absolute atomic E-state index is 0. The maximum Gasteiger partial charge on any atom is 0.151 e. The molecule has 0 unspecified atom stereocenters. The van der Waals surface area contributed by atoms with E-state index in [9.17, 15) is 0 Å². The number of hydrogen-bond donors (Lipinski definition) is 0. The van der Waals surface area contributed by atoms with Crippen molar-refractivity contribution in [2.24, 2.45) is 0 Å². The van der Waals surface area contributed by atoms with Crippen LogP contribution in [0.4, 0.5) is 5.69 Å². The van der Waals surface area contributed by atoms with E-state index in [2.05, 4.69) is 66.7 Å². The zero-order chi connectivity index (χ0) is 23.9. The van der Waals surface area contributed by atoms with Crippen molar-refractivity contribution in [3.05, 3.63) is 85.7 Å². The van der Waals surface area contributed by atoms with Gasteiger partial charge in [0.1, 0.15) is 0 Å². The first-order chi connectivity index (χ1) is 16.3. The fourth-order valence-electron chi connectivity index (χ4n) is 3.64. The first-order valence-electron chi connectivity index (χ1n) is 11.3. The SMILES string of the molecule is CC(C)N1C=CN(c2[c-]c(Oc3[c-]c4c(cnn4-c4cc(C(C)(C)C)ccn4)nc3)ccc2)[CH-]1.[Pt]. The van der Waals surface area contributed by atoms with Gasteiger partial charge in [-0.15, -0.1) is 30.0 Å². The molecule has 0 fully saturated rings. The molecular weight excluding hydrogens is 619 g/mol. The summed E-state index contributed by atoms with van der Waals surface area (Å²) in [5.74, 6) is 1.79. The third kappa shape index (κ3) is 5.25. The van der Waals surface area contributed by atoms with Crippen LogP contribution in [0.15, 0.2) is 61.3 Å². The molecule has 0 N–H and O–H groups in total. The average Bonchev–Trinajstić information content (AvgIpc) is 3.46. The minimum Gasteiger partial charge on any atom is -0.508 e. The van der Waals surface area contributed by atoms with Gasteiger partial charge in [0, 0.05) is 45.0 Å². The van der Waals surface area contributed by atoms with Crippen LogP contribution < -0.4 is 9.64 Å². The van der Waals surface area contributed by atoms with E-state index in [1.165, 1.54) is 5.56 Å². The van der Waals surface area contributed by atoms with Gasteiger partial charge in [-0.05, 0) is 72.6 Å². The molecule has 4 aromatic rings. The van der Waals surface area contributed by atoms with Crippen LogP contribution in [-0.2, 0) is 26.5 Å². The third-order valence-corrected chi connectivity index (χ3v) is 5.65. The summed E-state index contributed by atoms with van der Waals surface area (Å²) in [6, 6.07) is 16.9. The monoisotopic (exact) mass is 646 g/mol. The molecule has 5 rings (SSSR count). The van der Waals surface area contributed by atoms with Crippen molar-refractivity contribution < 1.29 is 25.8 Å². The zero-order valence-corrected chi connectivity index (χ0v) is 22.6.